The number of phenols is 1. The van der Waals surface area contributed by atoms with Crippen LogP contribution in [0.3, 0.4) is 0 Å². The van der Waals surface area contributed by atoms with Gasteiger partial charge in [0, 0.05) is 18.0 Å². The van der Waals surface area contributed by atoms with Gasteiger partial charge in [-0.05, 0) is 42.5 Å². The van der Waals surface area contributed by atoms with Crippen molar-refractivity contribution >= 4 is 24.8 Å². The van der Waals surface area contributed by atoms with Crippen LogP contribution in [0.5, 0.6) is 5.75 Å². The van der Waals surface area contributed by atoms with Crippen molar-refractivity contribution in [1.82, 2.24) is 4.68 Å². The van der Waals surface area contributed by atoms with Gasteiger partial charge in [0.2, 0.25) is 0 Å². The van der Waals surface area contributed by atoms with Gasteiger partial charge in [-0.2, -0.15) is 5.10 Å². The van der Waals surface area contributed by atoms with Crippen LogP contribution in [-0.4, -0.2) is 16.0 Å². The van der Waals surface area contributed by atoms with Gasteiger partial charge in [0.05, 0.1) is 6.21 Å². The molecule has 1 fully saturated rings. The van der Waals surface area contributed by atoms with Gasteiger partial charge >= 0.3 is 35.6 Å². The van der Waals surface area contributed by atoms with E-state index in [0.29, 0.717) is 11.7 Å². The fourth-order valence-electron chi connectivity index (χ4n) is 2.96. The molecule has 1 N–H and O–H groups in total. The van der Waals surface area contributed by atoms with Gasteiger partial charge in [-0.15, -0.1) is 0 Å². The first-order valence-electron chi connectivity index (χ1n) is 7.71. The molecule has 2 aromatic rings. The zero-order valence-electron chi connectivity index (χ0n) is 12.8. The molecule has 0 amide bonds. The van der Waals surface area contributed by atoms with Crippen molar-refractivity contribution in [3.63, 3.8) is 0 Å². The average Bonchev–Trinajstić information content (AvgIpc) is 3.09. The molecule has 0 spiro atoms. The maximum atomic E-state index is 10.5. The summed E-state index contributed by atoms with van der Waals surface area (Å²) in [6.45, 7) is 0. The van der Waals surface area contributed by atoms with Crippen molar-refractivity contribution in [2.75, 3.05) is 0 Å². The first-order chi connectivity index (χ1) is 11.3. The molecule has 0 atom stereocenters. The summed E-state index contributed by atoms with van der Waals surface area (Å²) < 4.78 is 1.73. The molecule has 23 heavy (non-hydrogen) atoms. The second-order valence-corrected chi connectivity index (χ2v) is 8.08. The first-order valence-corrected chi connectivity index (χ1v) is 12.0. The Morgan fingerprint density at radius 2 is 1.74 bits per heavy atom. The predicted octanol–water partition coefficient (Wildman–Crippen LogP) is 5.50. The quantitative estimate of drug-likeness (QED) is 0.548. The number of rotatable bonds is 3. The van der Waals surface area contributed by atoms with Crippen molar-refractivity contribution in [1.29, 1.82) is 0 Å². The predicted molar refractivity (Wildman–Crippen MR) is 93.1 cm³/mol. The third-order valence-electron chi connectivity index (χ3n) is 4.06. The van der Waals surface area contributed by atoms with Crippen molar-refractivity contribution in [2.45, 2.75) is 38.0 Å². The van der Waals surface area contributed by atoms with E-state index in [0.717, 1.165) is 11.1 Å². The summed E-state index contributed by atoms with van der Waals surface area (Å²) in [5, 5.41) is 14.8. The minimum atomic E-state index is -0.556. The van der Waals surface area contributed by atoms with Crippen molar-refractivity contribution in [3.8, 4) is 5.75 Å². The average molecular weight is 387 g/mol. The fourth-order valence-corrected chi connectivity index (χ4v) is 2.96. The Morgan fingerprint density at radius 3 is 2.39 bits per heavy atom. The minimum absolute atomic E-state index is 0.398. The third-order valence-corrected chi connectivity index (χ3v) is 4.06. The van der Waals surface area contributed by atoms with Gasteiger partial charge in [0.1, 0.15) is 5.75 Å². The summed E-state index contributed by atoms with van der Waals surface area (Å²) in [6, 6.07) is 9.83. The van der Waals surface area contributed by atoms with Crippen LogP contribution in [0.15, 0.2) is 47.8 Å². The van der Waals surface area contributed by atoms with E-state index in [9.17, 15) is 5.11 Å². The number of phenolic OH excluding ortho intramolecular Hbond substituents is 1. The van der Waals surface area contributed by atoms with Gasteiger partial charge in [-0.3, -0.25) is 0 Å². The van der Waals surface area contributed by atoms with Crippen molar-refractivity contribution in [3.05, 3.63) is 53.9 Å². The molecular formula is C17H20Cl2N2OTi. The molecule has 1 heterocycles. The SMILES string of the molecule is Oc1c(/C=N/n2cccc2)cccc1C1CCCCC1.[Cl][Ti][Cl]. The third kappa shape index (κ3) is 5.68. The molecule has 3 nitrogen and oxygen atoms in total. The molecule has 0 aliphatic heterocycles. The Balaban J connectivity index is 0.000000595. The van der Waals surface area contributed by atoms with Crippen LogP contribution in [0, 0.1) is 0 Å². The molecule has 1 aromatic carbocycles. The van der Waals surface area contributed by atoms with Gasteiger partial charge in [0.15, 0.2) is 0 Å². The van der Waals surface area contributed by atoms with Crippen LogP contribution in [0.1, 0.15) is 49.1 Å². The van der Waals surface area contributed by atoms with E-state index in [2.05, 4.69) is 11.2 Å². The number of hydrogen-bond donors (Lipinski definition) is 1. The molecule has 0 saturated heterocycles. The Labute approximate surface area is 154 Å². The molecule has 3 rings (SSSR count). The second kappa shape index (κ2) is 10.2. The number of hydrogen-bond acceptors (Lipinski definition) is 2. The maximum absolute atomic E-state index is 10.5. The molecule has 0 radical (unpaired) electrons. The van der Waals surface area contributed by atoms with E-state index in [1.54, 1.807) is 10.9 Å². The zero-order chi connectivity index (χ0) is 16.5. The van der Waals surface area contributed by atoms with Gasteiger partial charge in [-0.25, -0.2) is 4.68 Å². The van der Waals surface area contributed by atoms with Gasteiger partial charge in [0.25, 0.3) is 0 Å². The molecule has 1 aliphatic carbocycles. The van der Waals surface area contributed by atoms with Gasteiger partial charge < -0.3 is 5.11 Å². The topological polar surface area (TPSA) is 37.5 Å². The second-order valence-electron chi connectivity index (χ2n) is 5.50. The monoisotopic (exact) mass is 386 g/mol. The molecular weight excluding hydrogens is 367 g/mol. The van der Waals surface area contributed by atoms with Crippen LogP contribution in [0.4, 0.5) is 0 Å². The first kappa shape index (κ1) is 18.6. The van der Waals surface area contributed by atoms with E-state index >= 15 is 0 Å². The molecule has 0 bridgehead atoms. The van der Waals surface area contributed by atoms with Crippen LogP contribution >= 0.6 is 18.6 Å². The molecule has 1 aliphatic rings. The van der Waals surface area contributed by atoms with E-state index in [1.165, 1.54) is 32.1 Å². The normalized spacial score (nSPS) is 15.2. The summed E-state index contributed by atoms with van der Waals surface area (Å²) in [6.07, 6.45) is 11.7. The molecule has 122 valence electrons. The number of benzene rings is 1. The Bertz CT molecular complexity index is 611. The van der Waals surface area contributed by atoms with Gasteiger partial charge in [-0.1, -0.05) is 31.4 Å². The number of aromatic nitrogens is 1. The molecule has 0 unspecified atom stereocenters. The number of nitrogens with zero attached hydrogens (tertiary/aromatic N) is 2. The summed E-state index contributed by atoms with van der Waals surface area (Å²) in [5.74, 6) is 0.902. The van der Waals surface area contributed by atoms with E-state index in [4.69, 9.17) is 18.6 Å². The fraction of sp³-hybridized carbons (Fsp3) is 0.353. The molecule has 1 aromatic heterocycles. The zero-order valence-corrected chi connectivity index (χ0v) is 15.9. The summed E-state index contributed by atoms with van der Waals surface area (Å²) in [4.78, 5) is 0. The van der Waals surface area contributed by atoms with Crippen LogP contribution < -0.4 is 0 Å². The summed E-state index contributed by atoms with van der Waals surface area (Å²) in [5.41, 5.74) is 1.88. The number of para-hydroxylation sites is 1. The van der Waals surface area contributed by atoms with Crippen LogP contribution in [0.2, 0.25) is 0 Å². The Kier molecular flexibility index (Phi) is 8.25. The standard InChI is InChI=1S/C17H20N2O.2ClH.Ti/c20-17-15(13-18-19-11-4-5-12-19)9-6-10-16(17)14-7-2-1-3-8-14;;;/h4-6,9-14,20H,1-3,7-8H2;2*1H;/q;;;+2/p-2/b18-13+;;;. The Hall–Kier alpha value is -0.736. The number of halogens is 2. The van der Waals surface area contributed by atoms with E-state index < -0.39 is 17.0 Å². The molecule has 6 heteroatoms. The van der Waals surface area contributed by atoms with Crippen molar-refractivity contribution < 1.29 is 22.1 Å². The molecule has 1 saturated carbocycles. The van der Waals surface area contributed by atoms with E-state index in [-0.39, 0.29) is 0 Å². The number of aromatic hydroxyl groups is 1. The van der Waals surface area contributed by atoms with E-state index in [1.807, 2.05) is 36.7 Å². The Morgan fingerprint density at radius 1 is 1.09 bits per heavy atom. The van der Waals surface area contributed by atoms with Crippen LogP contribution in [0.25, 0.3) is 0 Å². The van der Waals surface area contributed by atoms with Crippen molar-refractivity contribution in [2.24, 2.45) is 5.10 Å². The van der Waals surface area contributed by atoms with Crippen LogP contribution in [-0.2, 0) is 17.0 Å². The summed E-state index contributed by atoms with van der Waals surface area (Å²) in [7, 11) is 9.78. The summed E-state index contributed by atoms with van der Waals surface area (Å²) >= 11 is -0.556.